The van der Waals surface area contributed by atoms with E-state index in [-0.39, 0.29) is 23.1 Å². The van der Waals surface area contributed by atoms with Crippen molar-refractivity contribution in [1.82, 2.24) is 14.9 Å². The zero-order chi connectivity index (χ0) is 20.7. The average molecular weight is 424 g/mol. The molecule has 0 radical (unpaired) electrons. The second-order valence-corrected chi connectivity index (χ2v) is 9.42. The third-order valence-corrected chi connectivity index (χ3v) is 7.56. The largest absolute Gasteiger partial charge is 0.508 e. The highest BCUT2D eigenvalue weighted by Crippen LogP contribution is 2.35. The quantitative estimate of drug-likeness (QED) is 0.675. The zero-order valence-corrected chi connectivity index (χ0v) is 17.6. The SMILES string of the molecule is O=C(Cc1ccc(O)cc1)N1CCC(c2nc3sc4c(c3c(=O)[nH]2)CCCC4)CC1. The molecule has 1 aliphatic heterocycles. The Hall–Kier alpha value is -2.67. The smallest absolute Gasteiger partial charge is 0.259 e. The van der Waals surface area contributed by atoms with Gasteiger partial charge in [0, 0.05) is 23.9 Å². The van der Waals surface area contributed by atoms with Gasteiger partial charge in [0.25, 0.3) is 5.56 Å². The monoisotopic (exact) mass is 423 g/mol. The van der Waals surface area contributed by atoms with Crippen LogP contribution in [0.2, 0.25) is 0 Å². The van der Waals surface area contributed by atoms with Crippen LogP contribution in [0, 0.1) is 0 Å². The number of benzene rings is 1. The van der Waals surface area contributed by atoms with E-state index >= 15 is 0 Å². The fourth-order valence-corrected chi connectivity index (χ4v) is 5.95. The number of hydrogen-bond acceptors (Lipinski definition) is 5. The van der Waals surface area contributed by atoms with Crippen molar-refractivity contribution >= 4 is 27.5 Å². The van der Waals surface area contributed by atoms with E-state index in [1.54, 1.807) is 35.6 Å². The molecule has 5 rings (SSSR count). The fraction of sp³-hybridized carbons (Fsp3) is 0.435. The highest BCUT2D eigenvalue weighted by molar-refractivity contribution is 7.18. The third kappa shape index (κ3) is 3.62. The van der Waals surface area contributed by atoms with Crippen LogP contribution < -0.4 is 5.56 Å². The lowest BCUT2D eigenvalue weighted by atomic mass is 9.95. The standard InChI is InChI=1S/C23H25N3O3S/c27-16-7-5-14(6-8-16)13-19(28)26-11-9-15(10-12-26)21-24-22(29)20-17-3-1-2-4-18(17)30-23(20)25-21/h5-8,15,27H,1-4,9-13H2,(H,24,25,29). The number of phenolic OH excluding ortho intramolecular Hbond substituents is 1. The van der Waals surface area contributed by atoms with Gasteiger partial charge in [-0.2, -0.15) is 0 Å². The summed E-state index contributed by atoms with van der Waals surface area (Å²) in [5.41, 5.74) is 2.12. The Morgan fingerprint density at radius 3 is 2.67 bits per heavy atom. The van der Waals surface area contributed by atoms with Gasteiger partial charge < -0.3 is 15.0 Å². The maximum atomic E-state index is 12.8. The Labute approximate surface area is 178 Å². The maximum Gasteiger partial charge on any atom is 0.259 e. The lowest BCUT2D eigenvalue weighted by Crippen LogP contribution is -2.39. The molecule has 156 valence electrons. The van der Waals surface area contributed by atoms with E-state index in [2.05, 4.69) is 4.98 Å². The summed E-state index contributed by atoms with van der Waals surface area (Å²) in [5, 5.41) is 10.2. The topological polar surface area (TPSA) is 86.3 Å². The van der Waals surface area contributed by atoms with E-state index in [4.69, 9.17) is 4.98 Å². The van der Waals surface area contributed by atoms with Crippen molar-refractivity contribution in [2.75, 3.05) is 13.1 Å². The van der Waals surface area contributed by atoms with Crippen LogP contribution in [-0.4, -0.2) is 39.0 Å². The predicted molar refractivity (Wildman–Crippen MR) is 117 cm³/mol. The third-order valence-electron chi connectivity index (χ3n) is 6.37. The maximum absolute atomic E-state index is 12.8. The first-order valence-electron chi connectivity index (χ1n) is 10.7. The van der Waals surface area contributed by atoms with Crippen LogP contribution in [0.25, 0.3) is 10.2 Å². The molecule has 1 saturated heterocycles. The van der Waals surface area contributed by atoms with Gasteiger partial charge in [0.15, 0.2) is 0 Å². The first-order valence-corrected chi connectivity index (χ1v) is 11.5. The number of phenols is 1. The molecule has 0 atom stereocenters. The summed E-state index contributed by atoms with van der Waals surface area (Å²) >= 11 is 1.69. The minimum atomic E-state index is 0.000219. The number of aromatic nitrogens is 2. The zero-order valence-electron chi connectivity index (χ0n) is 16.8. The minimum Gasteiger partial charge on any atom is -0.508 e. The van der Waals surface area contributed by atoms with Gasteiger partial charge in [0.2, 0.25) is 5.91 Å². The molecular formula is C23H25N3O3S. The summed E-state index contributed by atoms with van der Waals surface area (Å²) in [6.07, 6.45) is 6.35. The van der Waals surface area contributed by atoms with Gasteiger partial charge in [0.05, 0.1) is 11.8 Å². The van der Waals surface area contributed by atoms with Crippen molar-refractivity contribution in [1.29, 1.82) is 0 Å². The number of piperidine rings is 1. The van der Waals surface area contributed by atoms with Crippen LogP contribution in [0.4, 0.5) is 0 Å². The molecule has 3 aromatic rings. The van der Waals surface area contributed by atoms with Gasteiger partial charge in [-0.3, -0.25) is 9.59 Å². The van der Waals surface area contributed by atoms with Crippen LogP contribution in [-0.2, 0) is 24.1 Å². The fourth-order valence-electron chi connectivity index (χ4n) is 4.68. The summed E-state index contributed by atoms with van der Waals surface area (Å²) in [6.45, 7) is 1.34. The van der Waals surface area contributed by atoms with E-state index in [1.807, 2.05) is 4.90 Å². The number of hydrogen-bond donors (Lipinski definition) is 2. The van der Waals surface area contributed by atoms with Gasteiger partial charge >= 0.3 is 0 Å². The molecule has 1 aliphatic carbocycles. The summed E-state index contributed by atoms with van der Waals surface area (Å²) in [7, 11) is 0. The van der Waals surface area contributed by atoms with Crippen LogP contribution in [0.15, 0.2) is 29.1 Å². The molecule has 0 spiro atoms. The van der Waals surface area contributed by atoms with Crippen LogP contribution in [0.3, 0.4) is 0 Å². The number of carbonyl (C=O) groups is 1. The Morgan fingerprint density at radius 2 is 1.90 bits per heavy atom. The van der Waals surface area contributed by atoms with Gasteiger partial charge in [-0.05, 0) is 61.8 Å². The number of aromatic amines is 1. The van der Waals surface area contributed by atoms with E-state index in [0.29, 0.717) is 19.5 Å². The number of rotatable bonds is 3. The molecule has 1 aromatic carbocycles. The van der Waals surface area contributed by atoms with E-state index < -0.39 is 0 Å². The second-order valence-electron chi connectivity index (χ2n) is 8.34. The lowest BCUT2D eigenvalue weighted by Gasteiger charge is -2.31. The summed E-state index contributed by atoms with van der Waals surface area (Å²) < 4.78 is 0. The van der Waals surface area contributed by atoms with Gasteiger partial charge in [-0.15, -0.1) is 11.3 Å². The number of aryl methyl sites for hydroxylation is 2. The normalized spacial score (nSPS) is 17.3. The number of likely N-dealkylation sites (tertiary alicyclic amines) is 1. The Bertz CT molecular complexity index is 1140. The Morgan fingerprint density at radius 1 is 1.17 bits per heavy atom. The Kier molecular flexibility index (Phi) is 5.06. The molecule has 3 heterocycles. The second kappa shape index (κ2) is 7.87. The minimum absolute atomic E-state index is 0.000219. The number of nitrogens with zero attached hydrogens (tertiary/aromatic N) is 2. The molecule has 0 saturated carbocycles. The van der Waals surface area contributed by atoms with Crippen molar-refractivity contribution in [2.24, 2.45) is 0 Å². The molecule has 2 N–H and O–H groups in total. The summed E-state index contributed by atoms with van der Waals surface area (Å²) in [5.74, 6) is 1.26. The lowest BCUT2D eigenvalue weighted by molar-refractivity contribution is -0.131. The Balaban J connectivity index is 1.28. The number of H-pyrrole nitrogens is 1. The van der Waals surface area contributed by atoms with Crippen LogP contribution in [0.1, 0.15) is 53.4 Å². The van der Waals surface area contributed by atoms with Crippen LogP contribution in [0.5, 0.6) is 5.75 Å². The van der Waals surface area contributed by atoms with E-state index in [1.165, 1.54) is 16.9 Å². The number of amides is 1. The number of aromatic hydroxyl groups is 1. The average Bonchev–Trinajstić information content (AvgIpc) is 3.14. The number of carbonyl (C=O) groups excluding carboxylic acids is 1. The summed E-state index contributed by atoms with van der Waals surface area (Å²) in [4.78, 5) is 37.4. The van der Waals surface area contributed by atoms with Crippen LogP contribution >= 0.6 is 11.3 Å². The highest BCUT2D eigenvalue weighted by atomic mass is 32.1. The number of nitrogens with one attached hydrogen (secondary N) is 1. The predicted octanol–water partition coefficient (Wildman–Crippen LogP) is 3.52. The molecule has 30 heavy (non-hydrogen) atoms. The molecule has 1 amide bonds. The highest BCUT2D eigenvalue weighted by Gasteiger charge is 2.27. The van der Waals surface area contributed by atoms with E-state index in [0.717, 1.165) is 53.7 Å². The molecule has 0 unspecified atom stereocenters. The van der Waals surface area contributed by atoms with Gasteiger partial charge in [-0.1, -0.05) is 12.1 Å². The van der Waals surface area contributed by atoms with E-state index in [9.17, 15) is 14.7 Å². The van der Waals surface area contributed by atoms with Crippen molar-refractivity contribution in [3.8, 4) is 5.75 Å². The first kappa shape index (κ1) is 19.3. The number of thiophene rings is 1. The van der Waals surface area contributed by atoms with Crippen molar-refractivity contribution < 1.29 is 9.90 Å². The molecule has 0 bridgehead atoms. The molecule has 2 aromatic heterocycles. The number of fused-ring (bicyclic) bond motifs is 3. The summed E-state index contributed by atoms with van der Waals surface area (Å²) in [6, 6.07) is 6.78. The molecule has 1 fully saturated rings. The van der Waals surface area contributed by atoms with Crippen molar-refractivity contribution in [3.05, 3.63) is 56.4 Å². The molecule has 6 nitrogen and oxygen atoms in total. The van der Waals surface area contributed by atoms with Gasteiger partial charge in [-0.25, -0.2) is 4.98 Å². The van der Waals surface area contributed by atoms with Crippen molar-refractivity contribution in [3.63, 3.8) is 0 Å². The molecule has 2 aliphatic rings. The molecular weight excluding hydrogens is 398 g/mol. The molecule has 7 heteroatoms. The first-order chi connectivity index (χ1) is 14.6. The van der Waals surface area contributed by atoms with Gasteiger partial charge in [0.1, 0.15) is 16.4 Å². The van der Waals surface area contributed by atoms with Crippen molar-refractivity contribution in [2.45, 2.75) is 50.9 Å².